The van der Waals surface area contributed by atoms with Crippen molar-refractivity contribution in [2.75, 3.05) is 19.7 Å². The van der Waals surface area contributed by atoms with E-state index in [0.717, 1.165) is 42.0 Å². The number of aromatic amines is 1. The molecule has 0 saturated carbocycles. The number of para-hydroxylation sites is 1. The molecule has 0 radical (unpaired) electrons. The molecular formula is C17H23ClN4O2. The molecule has 2 aromatic rings. The Labute approximate surface area is 147 Å². The van der Waals surface area contributed by atoms with Crippen LogP contribution in [0.3, 0.4) is 0 Å². The van der Waals surface area contributed by atoms with Crippen LogP contribution in [0.15, 0.2) is 24.3 Å². The van der Waals surface area contributed by atoms with Gasteiger partial charge in [0.1, 0.15) is 5.75 Å². The highest BCUT2D eigenvalue weighted by Gasteiger charge is 2.21. The molecule has 3 rings (SSSR count). The van der Waals surface area contributed by atoms with Crippen LogP contribution in [0, 0.1) is 0 Å². The van der Waals surface area contributed by atoms with Crippen molar-refractivity contribution in [3.63, 3.8) is 0 Å². The van der Waals surface area contributed by atoms with Crippen LogP contribution in [0.5, 0.6) is 5.75 Å². The van der Waals surface area contributed by atoms with Gasteiger partial charge < -0.3 is 15.4 Å². The van der Waals surface area contributed by atoms with Crippen LogP contribution in [0.2, 0.25) is 0 Å². The SMILES string of the molecule is CCOc1ccccc1CCNC(=O)c1n[nH]c2c1CNCC2.Cl. The molecule has 0 atom stereocenters. The molecule has 24 heavy (non-hydrogen) atoms. The van der Waals surface area contributed by atoms with E-state index >= 15 is 0 Å². The number of hydrogen-bond acceptors (Lipinski definition) is 4. The number of benzene rings is 1. The molecule has 1 amide bonds. The largest absolute Gasteiger partial charge is 0.494 e. The molecule has 3 N–H and O–H groups in total. The maximum absolute atomic E-state index is 12.3. The average Bonchev–Trinajstić information content (AvgIpc) is 3.01. The molecule has 0 unspecified atom stereocenters. The normalized spacial score (nSPS) is 12.9. The number of H-pyrrole nitrogens is 1. The van der Waals surface area contributed by atoms with Crippen LogP contribution < -0.4 is 15.4 Å². The first-order valence-corrected chi connectivity index (χ1v) is 8.05. The van der Waals surface area contributed by atoms with E-state index in [-0.39, 0.29) is 18.3 Å². The Bertz CT molecular complexity index is 687. The van der Waals surface area contributed by atoms with E-state index in [1.807, 2.05) is 31.2 Å². The summed E-state index contributed by atoms with van der Waals surface area (Å²) in [7, 11) is 0. The van der Waals surface area contributed by atoms with Crippen molar-refractivity contribution in [3.05, 3.63) is 46.8 Å². The number of hydrogen-bond donors (Lipinski definition) is 3. The second-order valence-corrected chi connectivity index (χ2v) is 5.50. The summed E-state index contributed by atoms with van der Waals surface area (Å²) >= 11 is 0. The molecule has 1 aromatic heterocycles. The van der Waals surface area contributed by atoms with E-state index in [4.69, 9.17) is 4.74 Å². The van der Waals surface area contributed by atoms with Gasteiger partial charge in [-0.05, 0) is 25.0 Å². The fourth-order valence-corrected chi connectivity index (χ4v) is 2.81. The van der Waals surface area contributed by atoms with Gasteiger partial charge in [0.25, 0.3) is 5.91 Å². The lowest BCUT2D eigenvalue weighted by Gasteiger charge is -2.13. The average molecular weight is 351 g/mol. The number of fused-ring (bicyclic) bond motifs is 1. The van der Waals surface area contributed by atoms with Gasteiger partial charge in [0.2, 0.25) is 0 Å². The van der Waals surface area contributed by atoms with Crippen molar-refractivity contribution in [1.29, 1.82) is 0 Å². The first kappa shape index (κ1) is 18.3. The highest BCUT2D eigenvalue weighted by atomic mass is 35.5. The van der Waals surface area contributed by atoms with Gasteiger partial charge in [-0.1, -0.05) is 18.2 Å². The van der Waals surface area contributed by atoms with Gasteiger partial charge in [0, 0.05) is 37.3 Å². The minimum atomic E-state index is -0.125. The van der Waals surface area contributed by atoms with Crippen molar-refractivity contribution in [2.24, 2.45) is 0 Å². The molecule has 0 bridgehead atoms. The smallest absolute Gasteiger partial charge is 0.272 e. The minimum Gasteiger partial charge on any atom is -0.494 e. The van der Waals surface area contributed by atoms with Crippen LogP contribution >= 0.6 is 12.4 Å². The summed E-state index contributed by atoms with van der Waals surface area (Å²) in [4.78, 5) is 12.3. The van der Waals surface area contributed by atoms with Gasteiger partial charge in [-0.15, -0.1) is 12.4 Å². The minimum absolute atomic E-state index is 0. The standard InChI is InChI=1S/C17H22N4O2.ClH/c1-2-23-15-6-4-3-5-12(15)7-10-19-17(22)16-13-11-18-9-8-14(13)20-21-16;/h3-6,18H,2,7-11H2,1H3,(H,19,22)(H,20,21);1H. The number of aromatic nitrogens is 2. The summed E-state index contributed by atoms with van der Waals surface area (Å²) in [6.45, 7) is 4.77. The third-order valence-electron chi connectivity index (χ3n) is 3.97. The Morgan fingerprint density at radius 1 is 1.38 bits per heavy atom. The second kappa shape index (κ2) is 8.70. The van der Waals surface area contributed by atoms with E-state index in [1.165, 1.54) is 0 Å². The number of carbonyl (C=O) groups excluding carboxylic acids is 1. The summed E-state index contributed by atoms with van der Waals surface area (Å²) in [5.41, 5.74) is 3.66. The highest BCUT2D eigenvalue weighted by molar-refractivity contribution is 5.94. The Morgan fingerprint density at radius 3 is 3.04 bits per heavy atom. The quantitative estimate of drug-likeness (QED) is 0.743. The molecule has 0 spiro atoms. The Kier molecular flexibility index (Phi) is 6.63. The van der Waals surface area contributed by atoms with E-state index in [1.54, 1.807) is 0 Å². The van der Waals surface area contributed by atoms with Gasteiger partial charge in [-0.25, -0.2) is 0 Å². The second-order valence-electron chi connectivity index (χ2n) is 5.50. The van der Waals surface area contributed by atoms with E-state index in [2.05, 4.69) is 20.8 Å². The number of rotatable bonds is 6. The maximum Gasteiger partial charge on any atom is 0.272 e. The first-order valence-electron chi connectivity index (χ1n) is 8.05. The van der Waals surface area contributed by atoms with Crippen molar-refractivity contribution in [2.45, 2.75) is 26.3 Å². The van der Waals surface area contributed by atoms with Crippen molar-refractivity contribution in [3.8, 4) is 5.75 Å². The monoisotopic (exact) mass is 350 g/mol. The Morgan fingerprint density at radius 2 is 2.21 bits per heavy atom. The van der Waals surface area contributed by atoms with Crippen LogP contribution in [0.1, 0.15) is 34.2 Å². The molecule has 0 saturated heterocycles. The zero-order valence-electron chi connectivity index (χ0n) is 13.7. The molecule has 130 valence electrons. The zero-order chi connectivity index (χ0) is 16.1. The Balaban J connectivity index is 0.00000208. The summed E-state index contributed by atoms with van der Waals surface area (Å²) in [6, 6.07) is 7.92. The lowest BCUT2D eigenvalue weighted by molar-refractivity contribution is 0.0948. The summed E-state index contributed by atoms with van der Waals surface area (Å²) in [5.74, 6) is 0.755. The molecule has 1 aliphatic rings. The molecule has 6 nitrogen and oxygen atoms in total. The van der Waals surface area contributed by atoms with Gasteiger partial charge >= 0.3 is 0 Å². The first-order chi connectivity index (χ1) is 11.3. The topological polar surface area (TPSA) is 79.0 Å². The lowest BCUT2D eigenvalue weighted by atomic mass is 10.1. The van der Waals surface area contributed by atoms with E-state index < -0.39 is 0 Å². The van der Waals surface area contributed by atoms with Crippen LogP contribution in [0.25, 0.3) is 0 Å². The molecule has 7 heteroatoms. The van der Waals surface area contributed by atoms with Gasteiger partial charge in [-0.2, -0.15) is 5.10 Å². The highest BCUT2D eigenvalue weighted by Crippen LogP contribution is 2.18. The van der Waals surface area contributed by atoms with E-state index in [0.29, 0.717) is 25.4 Å². The number of carbonyl (C=O) groups is 1. The summed E-state index contributed by atoms with van der Waals surface area (Å²) < 4.78 is 5.60. The third kappa shape index (κ3) is 4.07. The predicted molar refractivity (Wildman–Crippen MR) is 94.9 cm³/mol. The van der Waals surface area contributed by atoms with Gasteiger partial charge in [-0.3, -0.25) is 9.89 Å². The number of halogens is 1. The van der Waals surface area contributed by atoms with Crippen molar-refractivity contribution < 1.29 is 9.53 Å². The number of nitrogens with zero attached hydrogens (tertiary/aromatic N) is 1. The molecular weight excluding hydrogens is 328 g/mol. The number of amides is 1. The number of ether oxygens (including phenoxy) is 1. The summed E-state index contributed by atoms with van der Waals surface area (Å²) in [5, 5.41) is 13.4. The van der Waals surface area contributed by atoms with Crippen LogP contribution in [0.4, 0.5) is 0 Å². The van der Waals surface area contributed by atoms with Crippen LogP contribution in [-0.2, 0) is 19.4 Å². The molecule has 2 heterocycles. The van der Waals surface area contributed by atoms with E-state index in [9.17, 15) is 4.79 Å². The fraction of sp³-hybridized carbons (Fsp3) is 0.412. The molecule has 0 aliphatic carbocycles. The van der Waals surface area contributed by atoms with Crippen LogP contribution in [-0.4, -0.2) is 35.8 Å². The summed E-state index contributed by atoms with van der Waals surface area (Å²) in [6.07, 6.45) is 1.62. The molecule has 1 aromatic carbocycles. The fourth-order valence-electron chi connectivity index (χ4n) is 2.81. The van der Waals surface area contributed by atoms with Crippen molar-refractivity contribution >= 4 is 18.3 Å². The molecule has 0 fully saturated rings. The maximum atomic E-state index is 12.3. The third-order valence-corrected chi connectivity index (χ3v) is 3.97. The Hall–Kier alpha value is -2.05. The van der Waals surface area contributed by atoms with Crippen molar-refractivity contribution in [1.82, 2.24) is 20.8 Å². The predicted octanol–water partition coefficient (Wildman–Crippen LogP) is 1.85. The number of nitrogens with one attached hydrogen (secondary N) is 3. The van der Waals surface area contributed by atoms with Gasteiger partial charge in [0.05, 0.1) is 6.61 Å². The zero-order valence-corrected chi connectivity index (χ0v) is 14.5. The lowest BCUT2D eigenvalue weighted by Crippen LogP contribution is -2.29. The van der Waals surface area contributed by atoms with Gasteiger partial charge in [0.15, 0.2) is 5.69 Å². The molecule has 1 aliphatic heterocycles.